The molecule has 1 aromatic rings. The van der Waals surface area contributed by atoms with E-state index in [9.17, 15) is 13.2 Å². The summed E-state index contributed by atoms with van der Waals surface area (Å²) in [5.74, 6) is 0.475. The van der Waals surface area contributed by atoms with Crippen LogP contribution >= 0.6 is 0 Å². The Labute approximate surface area is 118 Å². The molecule has 1 aromatic heterocycles. The summed E-state index contributed by atoms with van der Waals surface area (Å²) in [5, 5.41) is 6.35. The first-order valence-corrected chi connectivity index (χ1v) is 8.25. The highest BCUT2D eigenvalue weighted by molar-refractivity contribution is 7.89. The molecule has 1 amide bonds. The van der Waals surface area contributed by atoms with Crippen LogP contribution in [-0.2, 0) is 14.8 Å². The quantitative estimate of drug-likeness (QED) is 0.895. The minimum Gasteiger partial charge on any atom is -0.360 e. The summed E-state index contributed by atoms with van der Waals surface area (Å²) >= 11 is 0. The number of aryl methyl sites for hydroxylation is 1. The fraction of sp³-hybridized carbons (Fsp3) is 0.667. The van der Waals surface area contributed by atoms with Gasteiger partial charge in [-0.05, 0) is 26.7 Å². The minimum absolute atomic E-state index is 0.0593. The maximum absolute atomic E-state index is 12.1. The Bertz CT molecular complexity index is 581. The first-order valence-electron chi connectivity index (χ1n) is 6.64. The van der Waals surface area contributed by atoms with Crippen molar-refractivity contribution in [3.05, 3.63) is 11.8 Å². The largest absolute Gasteiger partial charge is 0.360 e. The van der Waals surface area contributed by atoms with Crippen LogP contribution in [0.3, 0.4) is 0 Å². The Kier molecular flexibility index (Phi) is 4.44. The Balaban J connectivity index is 2.00. The lowest BCUT2D eigenvalue weighted by molar-refractivity contribution is -0.120. The molecule has 0 spiro atoms. The van der Waals surface area contributed by atoms with E-state index in [1.165, 1.54) is 4.31 Å². The first-order chi connectivity index (χ1) is 9.42. The molecule has 1 aliphatic heterocycles. The van der Waals surface area contributed by atoms with Crippen LogP contribution in [-0.4, -0.2) is 42.6 Å². The molecule has 2 rings (SSSR count). The Morgan fingerprint density at radius 2 is 2.35 bits per heavy atom. The fourth-order valence-electron chi connectivity index (χ4n) is 2.25. The smallest absolute Gasteiger partial charge is 0.230 e. The molecular weight excluding hydrogens is 282 g/mol. The van der Waals surface area contributed by atoms with E-state index in [1.54, 1.807) is 19.9 Å². The topological polar surface area (TPSA) is 92.5 Å². The molecule has 1 saturated heterocycles. The van der Waals surface area contributed by atoms with Gasteiger partial charge in [-0.25, -0.2) is 12.7 Å². The third-order valence-electron chi connectivity index (χ3n) is 3.39. The average molecular weight is 301 g/mol. The lowest BCUT2D eigenvalue weighted by Gasteiger charge is -2.30. The van der Waals surface area contributed by atoms with Gasteiger partial charge in [-0.3, -0.25) is 4.79 Å². The second kappa shape index (κ2) is 5.92. The van der Waals surface area contributed by atoms with Crippen LogP contribution < -0.4 is 5.32 Å². The molecule has 1 fully saturated rings. The lowest BCUT2D eigenvalue weighted by atomic mass is 9.99. The molecule has 0 saturated carbocycles. The highest BCUT2D eigenvalue weighted by atomic mass is 32.2. The van der Waals surface area contributed by atoms with Crippen LogP contribution in [0.4, 0.5) is 5.82 Å². The van der Waals surface area contributed by atoms with Crippen LogP contribution in [0.2, 0.25) is 0 Å². The van der Waals surface area contributed by atoms with Crippen molar-refractivity contribution in [3.8, 4) is 0 Å². The van der Waals surface area contributed by atoms with Crippen molar-refractivity contribution in [2.45, 2.75) is 26.7 Å². The van der Waals surface area contributed by atoms with Crippen molar-refractivity contribution in [2.75, 3.05) is 24.2 Å². The van der Waals surface area contributed by atoms with Crippen LogP contribution in [0.25, 0.3) is 0 Å². The minimum atomic E-state index is -3.24. The second-order valence-corrected chi connectivity index (χ2v) is 7.17. The zero-order valence-corrected chi connectivity index (χ0v) is 12.4. The van der Waals surface area contributed by atoms with Crippen molar-refractivity contribution >= 4 is 21.7 Å². The van der Waals surface area contributed by atoms with Crippen molar-refractivity contribution in [1.29, 1.82) is 0 Å². The Morgan fingerprint density at radius 1 is 1.60 bits per heavy atom. The normalized spacial score (nSPS) is 20.8. The van der Waals surface area contributed by atoms with Gasteiger partial charge in [0.05, 0.1) is 11.7 Å². The van der Waals surface area contributed by atoms with Crippen LogP contribution in [0.15, 0.2) is 10.6 Å². The van der Waals surface area contributed by atoms with Crippen molar-refractivity contribution < 1.29 is 17.7 Å². The predicted octanol–water partition coefficient (Wildman–Crippen LogP) is 0.983. The molecule has 8 heteroatoms. The molecule has 20 heavy (non-hydrogen) atoms. The molecule has 0 bridgehead atoms. The summed E-state index contributed by atoms with van der Waals surface area (Å²) in [6.07, 6.45) is 1.37. The lowest BCUT2D eigenvalue weighted by Crippen LogP contribution is -2.44. The van der Waals surface area contributed by atoms with E-state index < -0.39 is 10.0 Å². The summed E-state index contributed by atoms with van der Waals surface area (Å²) in [6, 6.07) is 1.63. The SMILES string of the molecule is CCS(=O)(=O)N1CCC[C@@H](C(=O)Nc2cc(C)on2)C1. The molecular formula is C12H19N3O4S. The maximum atomic E-state index is 12.1. The number of anilines is 1. The summed E-state index contributed by atoms with van der Waals surface area (Å²) in [6.45, 7) is 4.07. The van der Waals surface area contributed by atoms with E-state index in [0.717, 1.165) is 0 Å². The zero-order chi connectivity index (χ0) is 14.8. The molecule has 0 unspecified atom stereocenters. The molecule has 7 nitrogen and oxygen atoms in total. The van der Waals surface area contributed by atoms with Gasteiger partial charge in [0.1, 0.15) is 5.76 Å². The van der Waals surface area contributed by atoms with E-state index in [-0.39, 0.29) is 24.1 Å². The number of nitrogens with zero attached hydrogens (tertiary/aromatic N) is 2. The van der Waals surface area contributed by atoms with Gasteiger partial charge in [0.25, 0.3) is 0 Å². The Hall–Kier alpha value is -1.41. The zero-order valence-electron chi connectivity index (χ0n) is 11.6. The van der Waals surface area contributed by atoms with Gasteiger partial charge in [0, 0.05) is 19.2 Å². The molecule has 112 valence electrons. The number of amides is 1. The van der Waals surface area contributed by atoms with E-state index in [0.29, 0.717) is 31.0 Å². The number of aromatic nitrogens is 1. The van der Waals surface area contributed by atoms with Gasteiger partial charge >= 0.3 is 0 Å². The van der Waals surface area contributed by atoms with Crippen molar-refractivity contribution in [1.82, 2.24) is 9.46 Å². The summed E-state index contributed by atoms with van der Waals surface area (Å²) in [5.41, 5.74) is 0. The maximum Gasteiger partial charge on any atom is 0.230 e. The molecule has 1 atom stereocenters. The standard InChI is InChI=1S/C12H19N3O4S/c1-3-20(17,18)15-6-4-5-10(8-15)12(16)13-11-7-9(2)19-14-11/h7,10H,3-6,8H2,1-2H3,(H,13,14,16)/t10-/m1/s1. The number of nitrogens with one attached hydrogen (secondary N) is 1. The number of sulfonamides is 1. The number of piperidine rings is 1. The van der Waals surface area contributed by atoms with Gasteiger partial charge in [-0.2, -0.15) is 0 Å². The monoisotopic (exact) mass is 301 g/mol. The summed E-state index contributed by atoms with van der Waals surface area (Å²) < 4.78 is 30.0. The number of hydrogen-bond donors (Lipinski definition) is 1. The molecule has 2 heterocycles. The number of hydrogen-bond acceptors (Lipinski definition) is 5. The van der Waals surface area contributed by atoms with Gasteiger partial charge in [-0.1, -0.05) is 5.16 Å². The molecule has 0 radical (unpaired) electrons. The molecule has 1 N–H and O–H groups in total. The highest BCUT2D eigenvalue weighted by Gasteiger charge is 2.31. The van der Waals surface area contributed by atoms with Gasteiger partial charge in [-0.15, -0.1) is 0 Å². The third-order valence-corrected chi connectivity index (χ3v) is 5.24. The highest BCUT2D eigenvalue weighted by Crippen LogP contribution is 2.21. The number of carbonyl (C=O) groups excluding carboxylic acids is 1. The number of carbonyl (C=O) groups is 1. The summed E-state index contributed by atoms with van der Waals surface area (Å²) in [7, 11) is -3.24. The Morgan fingerprint density at radius 3 is 2.95 bits per heavy atom. The van der Waals surface area contributed by atoms with Crippen LogP contribution in [0.5, 0.6) is 0 Å². The molecule has 1 aliphatic rings. The van der Waals surface area contributed by atoms with Gasteiger partial charge < -0.3 is 9.84 Å². The van der Waals surface area contributed by atoms with Crippen LogP contribution in [0.1, 0.15) is 25.5 Å². The van der Waals surface area contributed by atoms with E-state index in [4.69, 9.17) is 4.52 Å². The van der Waals surface area contributed by atoms with Gasteiger partial charge in [0.15, 0.2) is 5.82 Å². The fourth-order valence-corrected chi connectivity index (χ4v) is 3.42. The van der Waals surface area contributed by atoms with Crippen molar-refractivity contribution in [3.63, 3.8) is 0 Å². The summed E-state index contributed by atoms with van der Waals surface area (Å²) in [4.78, 5) is 12.1. The molecule has 0 aliphatic carbocycles. The van der Waals surface area contributed by atoms with Crippen molar-refractivity contribution in [2.24, 2.45) is 5.92 Å². The van der Waals surface area contributed by atoms with Gasteiger partial charge in [0.2, 0.25) is 15.9 Å². The average Bonchev–Trinajstić information content (AvgIpc) is 2.84. The van der Waals surface area contributed by atoms with Crippen LogP contribution in [0, 0.1) is 12.8 Å². The van der Waals surface area contributed by atoms with E-state index in [2.05, 4.69) is 10.5 Å². The van der Waals surface area contributed by atoms with E-state index >= 15 is 0 Å². The predicted molar refractivity (Wildman–Crippen MR) is 73.6 cm³/mol. The second-order valence-electron chi connectivity index (χ2n) is 4.91. The third kappa shape index (κ3) is 3.37. The number of rotatable bonds is 4. The van der Waals surface area contributed by atoms with E-state index in [1.807, 2.05) is 0 Å². The first kappa shape index (κ1) is 15.0. The molecule has 0 aromatic carbocycles.